The number of nitrogens with zero attached hydrogens (tertiary/aromatic N) is 3. The van der Waals surface area contributed by atoms with E-state index in [2.05, 4.69) is 378 Å². The van der Waals surface area contributed by atoms with Gasteiger partial charge in [0.15, 0.2) is 0 Å². The van der Waals surface area contributed by atoms with Crippen molar-refractivity contribution in [2.75, 3.05) is 9.80 Å². The van der Waals surface area contributed by atoms with Gasteiger partial charge in [-0.1, -0.05) is 282 Å². The van der Waals surface area contributed by atoms with Crippen molar-refractivity contribution in [2.45, 2.75) is 119 Å². The summed E-state index contributed by atoms with van der Waals surface area (Å²) in [5.41, 5.74) is 33.6. The smallest absolute Gasteiger partial charge is 0.252 e. The Morgan fingerprint density at radius 1 is 0.287 bits per heavy atom. The van der Waals surface area contributed by atoms with Crippen LogP contribution in [0.15, 0.2) is 267 Å². The molecule has 3 nitrogen and oxygen atoms in total. The topological polar surface area (TPSA) is 11.4 Å². The number of hydrogen-bond donors (Lipinski definition) is 0. The highest BCUT2D eigenvalue weighted by Gasteiger charge is 2.45. The maximum atomic E-state index is 2.68. The Labute approximate surface area is 601 Å². The molecule has 4 heterocycles. The fourth-order valence-corrected chi connectivity index (χ4v) is 17.5. The minimum Gasteiger partial charge on any atom is -0.311 e. The van der Waals surface area contributed by atoms with Gasteiger partial charge >= 0.3 is 0 Å². The minimum absolute atomic E-state index is 0.0984. The van der Waals surface area contributed by atoms with Crippen molar-refractivity contribution in [3.63, 3.8) is 0 Å². The van der Waals surface area contributed by atoms with Crippen LogP contribution in [0.4, 0.5) is 34.1 Å². The average Bonchev–Trinajstić information content (AvgIpc) is 1.25. The second-order valence-corrected chi connectivity index (χ2v) is 33.9. The van der Waals surface area contributed by atoms with Gasteiger partial charge in [-0.25, -0.2) is 0 Å². The number of benzene rings is 13. The van der Waals surface area contributed by atoms with Crippen LogP contribution in [0.25, 0.3) is 103 Å². The summed E-state index contributed by atoms with van der Waals surface area (Å²) in [5.74, 6) is 0. The summed E-state index contributed by atoms with van der Waals surface area (Å²) in [7, 11) is 0. The Bertz CT molecular complexity index is 5770. The van der Waals surface area contributed by atoms with E-state index >= 15 is 0 Å². The maximum absolute atomic E-state index is 2.68. The molecule has 0 fully saturated rings. The van der Waals surface area contributed by atoms with Crippen LogP contribution in [0.1, 0.15) is 116 Å². The quantitative estimate of drug-likeness (QED) is 0.141. The number of fused-ring (bicyclic) bond motifs is 10. The van der Waals surface area contributed by atoms with Crippen molar-refractivity contribution in [2.24, 2.45) is 0 Å². The van der Waals surface area contributed by atoms with E-state index in [0.717, 1.165) is 39.6 Å². The highest BCUT2D eigenvalue weighted by atomic mass is 32.1. The first-order valence-electron chi connectivity index (χ1n) is 36.1. The molecule has 0 unspecified atom stereocenters. The van der Waals surface area contributed by atoms with Gasteiger partial charge in [0.25, 0.3) is 6.71 Å². The van der Waals surface area contributed by atoms with Crippen LogP contribution in [0.5, 0.6) is 0 Å². The highest BCUT2D eigenvalue weighted by Crippen LogP contribution is 2.53. The molecule has 0 amide bonds. The molecule has 0 aliphatic carbocycles. The van der Waals surface area contributed by atoms with Crippen LogP contribution in [0.3, 0.4) is 0 Å². The molecule has 0 spiro atoms. The molecule has 0 saturated carbocycles. The molecular weight excluding hydrogens is 1240 g/mol. The largest absolute Gasteiger partial charge is 0.311 e. The summed E-state index contributed by atoms with van der Waals surface area (Å²) in [6, 6.07) is 103. The van der Waals surface area contributed by atoms with Crippen molar-refractivity contribution >= 4 is 111 Å². The van der Waals surface area contributed by atoms with Crippen LogP contribution in [0.2, 0.25) is 0 Å². The van der Waals surface area contributed by atoms with Crippen LogP contribution >= 0.6 is 11.3 Å². The molecule has 0 saturated heterocycles. The molecule has 0 atom stereocenters. The molecule has 101 heavy (non-hydrogen) atoms. The fourth-order valence-electron chi connectivity index (χ4n) is 16.3. The summed E-state index contributed by atoms with van der Waals surface area (Å²) >= 11 is 1.89. The molecule has 494 valence electrons. The zero-order valence-corrected chi connectivity index (χ0v) is 61.5. The average molecular weight is 1320 g/mol. The second-order valence-electron chi connectivity index (χ2n) is 32.8. The number of thiophene rings is 1. The molecule has 0 radical (unpaired) electrons. The summed E-state index contributed by atoms with van der Waals surface area (Å²) < 4.78 is 5.03. The molecule has 2 aliphatic heterocycles. The van der Waals surface area contributed by atoms with Crippen LogP contribution < -0.4 is 26.2 Å². The normalized spacial score (nSPS) is 13.2. The van der Waals surface area contributed by atoms with Gasteiger partial charge in [0.2, 0.25) is 0 Å². The van der Waals surface area contributed by atoms with Gasteiger partial charge in [-0.3, -0.25) is 0 Å². The second kappa shape index (κ2) is 23.6. The van der Waals surface area contributed by atoms with E-state index in [-0.39, 0.29) is 28.4 Å². The lowest BCUT2D eigenvalue weighted by Gasteiger charge is -2.45. The van der Waals surface area contributed by atoms with Crippen molar-refractivity contribution in [1.29, 1.82) is 0 Å². The standard InChI is InChI=1S/C96H86BN3S/c1-59-45-60(2)47-64(46-59)62-40-43-85-79(53-62)97-80-54-63(75-33-26-38-90-91(75)77-32-21-25-37-89(77)101-90)41-44-86(80)100(82-35-23-19-30-74(82)67-50-70(95(9,10)11)58-71(51-67)96(12,13)14)88-56-65(61-39-42-84-78(52-61)76-31-20-24-36-83(76)98(84)72-27-16-15-17-28-72)55-87(92(88)97)99(85)81-34-22-18-29-73(81)66-48-68(93(3,4)5)57-69(49-66)94(6,7)8/h15-58H,1-14H3. The summed E-state index contributed by atoms with van der Waals surface area (Å²) in [5, 5.41) is 5.04. The summed E-state index contributed by atoms with van der Waals surface area (Å²) in [6.45, 7) is 32.5. The van der Waals surface area contributed by atoms with E-state index in [1.807, 2.05) is 11.3 Å². The van der Waals surface area contributed by atoms with E-state index in [4.69, 9.17) is 0 Å². The molecule has 15 aromatic rings. The Hall–Kier alpha value is -10.5. The lowest BCUT2D eigenvalue weighted by Crippen LogP contribution is -2.61. The molecular formula is C96H86BN3S. The molecule has 0 N–H and O–H groups in total. The lowest BCUT2D eigenvalue weighted by atomic mass is 9.33. The molecule has 0 bridgehead atoms. The van der Waals surface area contributed by atoms with E-state index < -0.39 is 0 Å². The molecule has 2 aromatic heterocycles. The van der Waals surface area contributed by atoms with E-state index in [0.29, 0.717) is 0 Å². The highest BCUT2D eigenvalue weighted by molar-refractivity contribution is 7.26. The molecule has 17 rings (SSSR count). The minimum atomic E-state index is -0.213. The Morgan fingerprint density at radius 2 is 0.733 bits per heavy atom. The maximum Gasteiger partial charge on any atom is 0.252 e. The van der Waals surface area contributed by atoms with Crippen LogP contribution in [-0.2, 0) is 21.7 Å². The SMILES string of the molecule is Cc1cc(C)cc(-c2ccc3c(c2)B2c4cc(-c5cccc6sc7ccccc7c56)ccc4N(c4ccccc4-c4cc(C(C)(C)C)cc(C(C)(C)C)c4)c4cc(-c5ccc6c(c5)c5ccccc5n6-c5ccccc5)cc(c42)N3c2ccccc2-c2cc(C(C)(C)C)cc(C(C)(C)C)c2)c1. The Kier molecular flexibility index (Phi) is 14.9. The van der Waals surface area contributed by atoms with Gasteiger partial charge in [-0.05, 0) is 198 Å². The predicted molar refractivity (Wildman–Crippen MR) is 439 cm³/mol. The zero-order chi connectivity index (χ0) is 69.8. The van der Waals surface area contributed by atoms with Gasteiger partial charge in [0.1, 0.15) is 0 Å². The first-order valence-corrected chi connectivity index (χ1v) is 36.9. The lowest BCUT2D eigenvalue weighted by molar-refractivity contribution is 0.568. The van der Waals surface area contributed by atoms with Crippen LogP contribution in [0, 0.1) is 13.8 Å². The summed E-state index contributed by atoms with van der Waals surface area (Å²) in [4.78, 5) is 5.36. The summed E-state index contributed by atoms with van der Waals surface area (Å²) in [6.07, 6.45) is 0. The van der Waals surface area contributed by atoms with Crippen molar-refractivity contribution in [3.05, 3.63) is 300 Å². The number of para-hydroxylation sites is 4. The third-order valence-corrected chi connectivity index (χ3v) is 22.7. The molecule has 2 aliphatic rings. The third-order valence-electron chi connectivity index (χ3n) is 21.6. The Morgan fingerprint density at radius 3 is 1.31 bits per heavy atom. The first kappa shape index (κ1) is 64.0. The monoisotopic (exact) mass is 1320 g/mol. The number of hydrogen-bond acceptors (Lipinski definition) is 3. The molecule has 5 heteroatoms. The van der Waals surface area contributed by atoms with E-state index in [9.17, 15) is 0 Å². The van der Waals surface area contributed by atoms with Crippen molar-refractivity contribution in [3.8, 4) is 61.3 Å². The van der Waals surface area contributed by atoms with Gasteiger partial charge in [0, 0.05) is 70.5 Å². The van der Waals surface area contributed by atoms with E-state index in [1.54, 1.807) is 0 Å². The van der Waals surface area contributed by atoms with E-state index in [1.165, 1.54) is 148 Å². The molecule has 13 aromatic carbocycles. The first-order chi connectivity index (χ1) is 48.4. The van der Waals surface area contributed by atoms with Gasteiger partial charge in [-0.15, -0.1) is 11.3 Å². The Balaban J connectivity index is 1.02. The van der Waals surface area contributed by atoms with Gasteiger partial charge < -0.3 is 14.4 Å². The zero-order valence-electron chi connectivity index (χ0n) is 60.7. The third kappa shape index (κ3) is 10.9. The number of anilines is 6. The van der Waals surface area contributed by atoms with Crippen molar-refractivity contribution in [1.82, 2.24) is 4.57 Å². The number of aromatic nitrogens is 1. The predicted octanol–water partition coefficient (Wildman–Crippen LogP) is 25.4. The number of aryl methyl sites for hydroxylation is 2. The van der Waals surface area contributed by atoms with Gasteiger partial charge in [0.05, 0.1) is 22.4 Å². The fraction of sp³-hybridized carbons (Fsp3) is 0.188. The van der Waals surface area contributed by atoms with Crippen molar-refractivity contribution < 1.29 is 0 Å². The van der Waals surface area contributed by atoms with Gasteiger partial charge in [-0.2, -0.15) is 0 Å². The van der Waals surface area contributed by atoms with Crippen LogP contribution in [-0.4, -0.2) is 11.3 Å². The number of rotatable bonds is 8.